The van der Waals surface area contributed by atoms with Gasteiger partial charge in [-0.1, -0.05) is 6.07 Å². The van der Waals surface area contributed by atoms with Crippen LogP contribution in [0.2, 0.25) is 0 Å². The minimum Gasteiger partial charge on any atom is -0.377 e. The number of pyridine rings is 1. The van der Waals surface area contributed by atoms with Crippen LogP contribution >= 0.6 is 0 Å². The third-order valence-electron chi connectivity index (χ3n) is 4.55. The Morgan fingerprint density at radius 1 is 1.42 bits per heavy atom. The molecule has 0 aliphatic carbocycles. The highest BCUT2D eigenvalue weighted by molar-refractivity contribution is 5.78. The van der Waals surface area contributed by atoms with Gasteiger partial charge in [-0.15, -0.1) is 10.2 Å². The van der Waals surface area contributed by atoms with Crippen LogP contribution in [0.5, 0.6) is 0 Å². The van der Waals surface area contributed by atoms with Gasteiger partial charge >= 0.3 is 0 Å². The Bertz CT molecular complexity index is 718. The van der Waals surface area contributed by atoms with E-state index in [1.807, 2.05) is 30.3 Å². The minimum absolute atomic E-state index is 0.0520. The number of rotatable bonds is 7. The van der Waals surface area contributed by atoms with Crippen LogP contribution in [0.15, 0.2) is 24.5 Å². The molecule has 2 aromatic heterocycles. The summed E-state index contributed by atoms with van der Waals surface area (Å²) in [6.07, 6.45) is 6.14. The van der Waals surface area contributed by atoms with Crippen LogP contribution in [0.3, 0.4) is 0 Å². The second-order valence-electron chi connectivity index (χ2n) is 6.74. The molecule has 0 aromatic carbocycles. The number of hydrogen-bond acceptors (Lipinski definition) is 6. The van der Waals surface area contributed by atoms with Crippen molar-refractivity contribution >= 4 is 5.91 Å². The van der Waals surface area contributed by atoms with E-state index in [-0.39, 0.29) is 11.9 Å². The molecular formula is C18H26N6O2. The van der Waals surface area contributed by atoms with E-state index in [0.29, 0.717) is 19.7 Å². The summed E-state index contributed by atoms with van der Waals surface area (Å²) >= 11 is 0. The second kappa shape index (κ2) is 8.86. The summed E-state index contributed by atoms with van der Waals surface area (Å²) in [5.41, 5.74) is 1.10. The first-order valence-electron chi connectivity index (χ1n) is 8.92. The number of nitrogens with one attached hydrogen (secondary N) is 1. The number of carbonyl (C=O) groups is 1. The van der Waals surface area contributed by atoms with Gasteiger partial charge in [0, 0.05) is 45.1 Å². The number of methoxy groups -OCH3 is 1. The van der Waals surface area contributed by atoms with Crippen molar-refractivity contribution in [1.82, 2.24) is 30.0 Å². The minimum atomic E-state index is 0.0520. The van der Waals surface area contributed by atoms with E-state index < -0.39 is 0 Å². The molecule has 3 heterocycles. The maximum absolute atomic E-state index is 12.4. The highest BCUT2D eigenvalue weighted by Gasteiger charge is 2.21. The van der Waals surface area contributed by atoms with Gasteiger partial charge in [0.15, 0.2) is 5.82 Å². The Morgan fingerprint density at radius 2 is 2.31 bits per heavy atom. The zero-order chi connectivity index (χ0) is 18.4. The van der Waals surface area contributed by atoms with Crippen LogP contribution in [0.4, 0.5) is 0 Å². The molecule has 3 rings (SSSR count). The molecule has 140 valence electrons. The van der Waals surface area contributed by atoms with Crippen LogP contribution in [-0.2, 0) is 35.6 Å². The SMILES string of the molecule is COCc1nnc2n1CCC(NC(=O)CN(C)Cc1cccnc1)CC2. The van der Waals surface area contributed by atoms with Gasteiger partial charge in [0.1, 0.15) is 12.4 Å². The van der Waals surface area contributed by atoms with E-state index >= 15 is 0 Å². The van der Waals surface area contributed by atoms with E-state index in [0.717, 1.165) is 43.0 Å². The molecule has 0 bridgehead atoms. The van der Waals surface area contributed by atoms with Crippen molar-refractivity contribution in [2.45, 2.75) is 45.0 Å². The number of amides is 1. The monoisotopic (exact) mass is 358 g/mol. The van der Waals surface area contributed by atoms with Crippen molar-refractivity contribution in [3.8, 4) is 0 Å². The molecule has 1 unspecified atom stereocenters. The summed E-state index contributed by atoms with van der Waals surface area (Å²) < 4.78 is 7.29. The molecule has 1 aliphatic heterocycles. The van der Waals surface area contributed by atoms with Crippen LogP contribution in [0.25, 0.3) is 0 Å². The third-order valence-corrected chi connectivity index (χ3v) is 4.55. The first-order valence-corrected chi connectivity index (χ1v) is 8.92. The van der Waals surface area contributed by atoms with Gasteiger partial charge in [-0.3, -0.25) is 14.7 Å². The summed E-state index contributed by atoms with van der Waals surface area (Å²) in [6, 6.07) is 4.08. The number of carbonyl (C=O) groups excluding carboxylic acids is 1. The number of hydrogen-bond donors (Lipinski definition) is 1. The highest BCUT2D eigenvalue weighted by Crippen LogP contribution is 2.15. The summed E-state index contributed by atoms with van der Waals surface area (Å²) in [7, 11) is 3.60. The van der Waals surface area contributed by atoms with E-state index in [1.165, 1.54) is 0 Å². The van der Waals surface area contributed by atoms with Crippen molar-refractivity contribution in [2.75, 3.05) is 20.7 Å². The van der Waals surface area contributed by atoms with Crippen LogP contribution in [-0.4, -0.2) is 57.3 Å². The largest absolute Gasteiger partial charge is 0.377 e. The Labute approximate surface area is 153 Å². The Morgan fingerprint density at radius 3 is 3.08 bits per heavy atom. The molecule has 0 radical (unpaired) electrons. The number of likely N-dealkylation sites (N-methyl/N-ethyl adjacent to an activating group) is 1. The lowest BCUT2D eigenvalue weighted by Gasteiger charge is -2.20. The number of aryl methyl sites for hydroxylation is 1. The Kier molecular flexibility index (Phi) is 6.30. The molecule has 8 heteroatoms. The average Bonchev–Trinajstić information content (AvgIpc) is 2.88. The topological polar surface area (TPSA) is 85.2 Å². The fraction of sp³-hybridized carbons (Fsp3) is 0.556. The predicted molar refractivity (Wildman–Crippen MR) is 96.2 cm³/mol. The third kappa shape index (κ3) is 4.86. The molecule has 0 saturated heterocycles. The fourth-order valence-corrected chi connectivity index (χ4v) is 3.31. The molecule has 8 nitrogen and oxygen atoms in total. The normalized spacial score (nSPS) is 17.0. The molecule has 0 saturated carbocycles. The molecule has 1 N–H and O–H groups in total. The van der Waals surface area contributed by atoms with E-state index in [2.05, 4.69) is 25.1 Å². The van der Waals surface area contributed by atoms with Gasteiger partial charge in [0.25, 0.3) is 0 Å². The molecule has 1 amide bonds. The Balaban J connectivity index is 1.48. The average molecular weight is 358 g/mol. The number of ether oxygens (including phenoxy) is 1. The van der Waals surface area contributed by atoms with Gasteiger partial charge in [-0.25, -0.2) is 0 Å². The molecule has 2 aromatic rings. The lowest BCUT2D eigenvalue weighted by molar-refractivity contribution is -0.122. The van der Waals surface area contributed by atoms with Crippen molar-refractivity contribution in [3.63, 3.8) is 0 Å². The van der Waals surface area contributed by atoms with Gasteiger partial charge in [-0.05, 0) is 31.5 Å². The molecule has 0 fully saturated rings. The van der Waals surface area contributed by atoms with Gasteiger partial charge in [0.2, 0.25) is 5.91 Å². The quantitative estimate of drug-likeness (QED) is 0.787. The molecule has 0 spiro atoms. The molecule has 1 atom stereocenters. The Hall–Kier alpha value is -2.32. The zero-order valence-electron chi connectivity index (χ0n) is 15.4. The zero-order valence-corrected chi connectivity index (χ0v) is 15.4. The van der Waals surface area contributed by atoms with Crippen LogP contribution in [0.1, 0.15) is 30.1 Å². The number of aromatic nitrogens is 4. The maximum Gasteiger partial charge on any atom is 0.234 e. The van der Waals surface area contributed by atoms with Gasteiger partial charge in [0.05, 0.1) is 6.54 Å². The lowest BCUT2D eigenvalue weighted by atomic mass is 10.1. The first-order chi connectivity index (χ1) is 12.7. The number of fused-ring (bicyclic) bond motifs is 1. The number of nitrogens with zero attached hydrogens (tertiary/aromatic N) is 5. The van der Waals surface area contributed by atoms with Crippen molar-refractivity contribution in [2.24, 2.45) is 0 Å². The smallest absolute Gasteiger partial charge is 0.234 e. The summed E-state index contributed by atoms with van der Waals surface area (Å²) in [4.78, 5) is 18.5. The summed E-state index contributed by atoms with van der Waals surface area (Å²) in [5.74, 6) is 1.88. The molecular weight excluding hydrogens is 332 g/mol. The van der Waals surface area contributed by atoms with Gasteiger partial charge < -0.3 is 14.6 Å². The van der Waals surface area contributed by atoms with Gasteiger partial charge in [-0.2, -0.15) is 0 Å². The summed E-state index contributed by atoms with van der Waals surface area (Å²) in [6.45, 7) is 2.33. The standard InChI is InChI=1S/C18H26N6O2/c1-23(11-14-4-3-8-19-10-14)12-18(25)20-15-5-6-16-21-22-17(13-26-2)24(16)9-7-15/h3-4,8,10,15H,5-7,9,11-13H2,1-2H3,(H,20,25). The van der Waals surface area contributed by atoms with Crippen molar-refractivity contribution in [3.05, 3.63) is 41.7 Å². The van der Waals surface area contributed by atoms with Crippen LogP contribution in [0, 0.1) is 0 Å². The van der Waals surface area contributed by atoms with E-state index in [4.69, 9.17) is 4.74 Å². The molecule has 26 heavy (non-hydrogen) atoms. The van der Waals surface area contributed by atoms with Crippen molar-refractivity contribution < 1.29 is 9.53 Å². The predicted octanol–water partition coefficient (Wildman–Crippen LogP) is 0.773. The van der Waals surface area contributed by atoms with Crippen LogP contribution < -0.4 is 5.32 Å². The van der Waals surface area contributed by atoms with Crippen molar-refractivity contribution in [1.29, 1.82) is 0 Å². The highest BCUT2D eigenvalue weighted by atomic mass is 16.5. The molecule has 1 aliphatic rings. The second-order valence-corrected chi connectivity index (χ2v) is 6.74. The fourth-order valence-electron chi connectivity index (χ4n) is 3.31. The first kappa shape index (κ1) is 18.5. The van der Waals surface area contributed by atoms with E-state index in [1.54, 1.807) is 13.3 Å². The summed E-state index contributed by atoms with van der Waals surface area (Å²) in [5, 5.41) is 11.6. The lowest BCUT2D eigenvalue weighted by Crippen LogP contribution is -2.41. The van der Waals surface area contributed by atoms with E-state index in [9.17, 15) is 4.79 Å². The maximum atomic E-state index is 12.4.